The monoisotopic (exact) mass is 297 g/mol. The van der Waals surface area contributed by atoms with E-state index in [0.717, 1.165) is 4.88 Å². The number of hydrogen-bond acceptors (Lipinski definition) is 4. The Hall–Kier alpha value is -1.89. The first-order valence-corrected chi connectivity index (χ1v) is 7.05. The van der Waals surface area contributed by atoms with Gasteiger partial charge < -0.3 is 16.4 Å². The lowest BCUT2D eigenvalue weighted by molar-refractivity contribution is -0.124. The molecule has 3 amide bonds. The number of carbonyl (C=O) groups excluding carboxylic acids is 3. The summed E-state index contributed by atoms with van der Waals surface area (Å²) in [6, 6.07) is 1.01. The van der Waals surface area contributed by atoms with Gasteiger partial charge in [0.05, 0.1) is 5.56 Å². The highest BCUT2D eigenvalue weighted by molar-refractivity contribution is 7.16. The first-order valence-electron chi connectivity index (χ1n) is 6.23. The van der Waals surface area contributed by atoms with E-state index in [1.165, 1.54) is 18.3 Å². The Morgan fingerprint density at radius 3 is 2.30 bits per heavy atom. The molecule has 1 aromatic rings. The van der Waals surface area contributed by atoms with Crippen molar-refractivity contribution >= 4 is 34.1 Å². The maximum atomic E-state index is 11.9. The van der Waals surface area contributed by atoms with Crippen LogP contribution in [0.4, 0.5) is 5.00 Å². The number of anilines is 1. The number of carbonyl (C=O) groups is 3. The van der Waals surface area contributed by atoms with Crippen LogP contribution in [0.2, 0.25) is 0 Å². The molecule has 1 atom stereocenters. The summed E-state index contributed by atoms with van der Waals surface area (Å²) in [7, 11) is 0. The van der Waals surface area contributed by atoms with E-state index < -0.39 is 11.9 Å². The molecular formula is C13H19N3O3S. The number of nitrogens with two attached hydrogens (primary N) is 1. The predicted octanol–water partition coefficient (Wildman–Crippen LogP) is 1.43. The molecule has 20 heavy (non-hydrogen) atoms. The first kappa shape index (κ1) is 16.2. The van der Waals surface area contributed by atoms with Gasteiger partial charge in [-0.1, -0.05) is 13.8 Å². The van der Waals surface area contributed by atoms with Crippen LogP contribution >= 0.6 is 11.3 Å². The average molecular weight is 297 g/mol. The van der Waals surface area contributed by atoms with E-state index in [9.17, 15) is 14.4 Å². The molecule has 1 heterocycles. The Morgan fingerprint density at radius 1 is 1.25 bits per heavy atom. The van der Waals surface area contributed by atoms with Crippen LogP contribution in [-0.4, -0.2) is 23.8 Å². The van der Waals surface area contributed by atoms with Crippen LogP contribution in [0.25, 0.3) is 0 Å². The van der Waals surface area contributed by atoms with E-state index in [4.69, 9.17) is 5.73 Å². The van der Waals surface area contributed by atoms with Crippen LogP contribution in [0.5, 0.6) is 0 Å². The SMILES string of the molecule is CC(=O)NC(C)C(=O)Nc1sc(C(C)C)cc1C(N)=O. The van der Waals surface area contributed by atoms with E-state index in [0.29, 0.717) is 10.6 Å². The van der Waals surface area contributed by atoms with Gasteiger partial charge in [-0.15, -0.1) is 11.3 Å². The average Bonchev–Trinajstić information content (AvgIpc) is 2.72. The van der Waals surface area contributed by atoms with E-state index in [1.54, 1.807) is 13.0 Å². The van der Waals surface area contributed by atoms with Gasteiger partial charge in [-0.05, 0) is 18.9 Å². The summed E-state index contributed by atoms with van der Waals surface area (Å²) >= 11 is 1.32. The second-order valence-electron chi connectivity index (χ2n) is 4.82. The van der Waals surface area contributed by atoms with Crippen molar-refractivity contribution in [3.8, 4) is 0 Å². The Kier molecular flexibility index (Phi) is 5.26. The summed E-state index contributed by atoms with van der Waals surface area (Å²) in [4.78, 5) is 35.2. The summed E-state index contributed by atoms with van der Waals surface area (Å²) in [6.45, 7) is 6.88. The molecule has 0 aliphatic carbocycles. The number of amides is 3. The van der Waals surface area contributed by atoms with Gasteiger partial charge in [-0.25, -0.2) is 0 Å². The molecule has 0 radical (unpaired) electrons. The number of rotatable bonds is 5. The van der Waals surface area contributed by atoms with Crippen molar-refractivity contribution in [2.45, 2.75) is 39.7 Å². The third-order valence-corrected chi connectivity index (χ3v) is 3.99. The number of thiophene rings is 1. The van der Waals surface area contributed by atoms with Gasteiger partial charge in [0.1, 0.15) is 11.0 Å². The fourth-order valence-electron chi connectivity index (χ4n) is 1.56. The molecule has 6 nitrogen and oxygen atoms in total. The van der Waals surface area contributed by atoms with Gasteiger partial charge in [0.15, 0.2) is 0 Å². The Labute approximate surface area is 121 Å². The van der Waals surface area contributed by atoms with Crippen molar-refractivity contribution in [2.75, 3.05) is 5.32 Å². The zero-order valence-electron chi connectivity index (χ0n) is 11.9. The quantitative estimate of drug-likeness (QED) is 0.766. The van der Waals surface area contributed by atoms with Crippen molar-refractivity contribution in [1.82, 2.24) is 5.32 Å². The Balaban J connectivity index is 2.93. The Morgan fingerprint density at radius 2 is 1.85 bits per heavy atom. The lowest BCUT2D eigenvalue weighted by atomic mass is 10.1. The molecule has 1 unspecified atom stereocenters. The highest BCUT2D eigenvalue weighted by Crippen LogP contribution is 2.32. The normalized spacial score (nSPS) is 12.1. The zero-order valence-corrected chi connectivity index (χ0v) is 12.8. The van der Waals surface area contributed by atoms with Crippen LogP contribution in [0.15, 0.2) is 6.07 Å². The summed E-state index contributed by atoms with van der Waals surface area (Å²) < 4.78 is 0. The maximum Gasteiger partial charge on any atom is 0.251 e. The highest BCUT2D eigenvalue weighted by Gasteiger charge is 2.20. The fourth-order valence-corrected chi connectivity index (χ4v) is 2.63. The van der Waals surface area contributed by atoms with Crippen LogP contribution in [0.1, 0.15) is 48.8 Å². The molecule has 0 bridgehead atoms. The second kappa shape index (κ2) is 6.51. The molecule has 7 heteroatoms. The van der Waals surface area contributed by atoms with Gasteiger partial charge in [0.25, 0.3) is 5.91 Å². The largest absolute Gasteiger partial charge is 0.366 e. The van der Waals surface area contributed by atoms with Crippen LogP contribution in [-0.2, 0) is 9.59 Å². The molecular weight excluding hydrogens is 278 g/mol. The van der Waals surface area contributed by atoms with Gasteiger partial charge in [-0.2, -0.15) is 0 Å². The molecule has 1 aromatic heterocycles. The Bertz CT molecular complexity index is 537. The van der Waals surface area contributed by atoms with Crippen molar-refractivity contribution in [1.29, 1.82) is 0 Å². The molecule has 0 saturated heterocycles. The number of nitrogens with one attached hydrogen (secondary N) is 2. The molecule has 0 spiro atoms. The van der Waals surface area contributed by atoms with Crippen molar-refractivity contribution < 1.29 is 14.4 Å². The molecule has 1 rings (SSSR count). The predicted molar refractivity (Wildman–Crippen MR) is 78.8 cm³/mol. The summed E-state index contributed by atoms with van der Waals surface area (Å²) in [6.07, 6.45) is 0. The fraction of sp³-hybridized carbons (Fsp3) is 0.462. The summed E-state index contributed by atoms with van der Waals surface area (Å²) in [5.74, 6) is -1.04. The summed E-state index contributed by atoms with van der Waals surface area (Å²) in [5.41, 5.74) is 5.60. The topological polar surface area (TPSA) is 101 Å². The van der Waals surface area contributed by atoms with Crippen LogP contribution < -0.4 is 16.4 Å². The third kappa shape index (κ3) is 4.06. The number of hydrogen-bond donors (Lipinski definition) is 3. The van der Waals surface area contributed by atoms with Gasteiger partial charge in [0, 0.05) is 11.8 Å². The molecule has 110 valence electrons. The van der Waals surface area contributed by atoms with E-state index >= 15 is 0 Å². The highest BCUT2D eigenvalue weighted by atomic mass is 32.1. The van der Waals surface area contributed by atoms with Gasteiger partial charge in [0.2, 0.25) is 11.8 Å². The van der Waals surface area contributed by atoms with E-state index in [1.807, 2.05) is 13.8 Å². The van der Waals surface area contributed by atoms with Crippen LogP contribution in [0.3, 0.4) is 0 Å². The molecule has 0 aliphatic rings. The minimum absolute atomic E-state index is 0.233. The van der Waals surface area contributed by atoms with Crippen molar-refractivity contribution in [3.05, 3.63) is 16.5 Å². The lowest BCUT2D eigenvalue weighted by Gasteiger charge is -2.12. The molecule has 0 saturated carbocycles. The zero-order chi connectivity index (χ0) is 15.4. The van der Waals surface area contributed by atoms with Crippen molar-refractivity contribution in [2.24, 2.45) is 5.73 Å². The molecule has 4 N–H and O–H groups in total. The smallest absolute Gasteiger partial charge is 0.251 e. The van der Waals surface area contributed by atoms with E-state index in [2.05, 4.69) is 10.6 Å². The minimum Gasteiger partial charge on any atom is -0.366 e. The van der Waals surface area contributed by atoms with E-state index in [-0.39, 0.29) is 17.7 Å². The van der Waals surface area contributed by atoms with Crippen molar-refractivity contribution in [3.63, 3.8) is 0 Å². The second-order valence-corrected chi connectivity index (χ2v) is 5.91. The van der Waals surface area contributed by atoms with Gasteiger partial charge in [-0.3, -0.25) is 14.4 Å². The molecule has 0 aliphatic heterocycles. The molecule has 0 fully saturated rings. The summed E-state index contributed by atoms with van der Waals surface area (Å²) in [5, 5.41) is 5.53. The molecule has 0 aromatic carbocycles. The maximum absolute atomic E-state index is 11.9. The van der Waals surface area contributed by atoms with Crippen LogP contribution in [0, 0.1) is 0 Å². The number of primary amides is 1. The lowest BCUT2D eigenvalue weighted by Crippen LogP contribution is -2.40. The standard InChI is InChI=1S/C13H19N3O3S/c1-6(2)10-5-9(11(14)18)13(20-10)16-12(19)7(3)15-8(4)17/h5-7H,1-4H3,(H2,14,18)(H,15,17)(H,16,19). The minimum atomic E-state index is -0.683. The third-order valence-electron chi connectivity index (χ3n) is 2.64. The van der Waals surface area contributed by atoms with Gasteiger partial charge >= 0.3 is 0 Å². The first-order chi connectivity index (χ1) is 9.22.